The average Bonchev–Trinajstić information content (AvgIpc) is 3.59. The van der Waals surface area contributed by atoms with Crippen molar-refractivity contribution in [3.05, 3.63) is 102 Å². The van der Waals surface area contributed by atoms with Crippen molar-refractivity contribution in [2.75, 3.05) is 19.8 Å². The molecule has 0 spiro atoms. The zero-order valence-corrected chi connectivity index (χ0v) is 22.9. The van der Waals surface area contributed by atoms with Gasteiger partial charge in [-0.1, -0.05) is 78.9 Å². The molecular weight excluding hydrogens is 532 g/mol. The summed E-state index contributed by atoms with van der Waals surface area (Å²) < 4.78 is 45.4. The van der Waals surface area contributed by atoms with Gasteiger partial charge in [0.25, 0.3) is 0 Å². The van der Waals surface area contributed by atoms with Crippen molar-refractivity contribution in [1.82, 2.24) is 9.62 Å². The van der Waals surface area contributed by atoms with Crippen molar-refractivity contribution in [2.24, 2.45) is 5.92 Å². The molecule has 5 rings (SSSR count). The summed E-state index contributed by atoms with van der Waals surface area (Å²) in [6, 6.07) is 25.9. The van der Waals surface area contributed by atoms with Gasteiger partial charge in [-0.2, -0.15) is 4.31 Å². The van der Waals surface area contributed by atoms with Crippen molar-refractivity contribution in [1.29, 1.82) is 0 Å². The second kappa shape index (κ2) is 12.9. The summed E-state index contributed by atoms with van der Waals surface area (Å²) in [7, 11) is -3.96. The Morgan fingerprint density at radius 3 is 2.25 bits per heavy atom. The number of rotatable bonds is 11. The summed E-state index contributed by atoms with van der Waals surface area (Å²) in [5.74, 6) is -0.0272. The maximum atomic E-state index is 13.7. The van der Waals surface area contributed by atoms with E-state index in [1.807, 2.05) is 60.7 Å². The number of alkyl carbamates (subject to hydrolysis) is 1. The summed E-state index contributed by atoms with van der Waals surface area (Å²) >= 11 is 0. The van der Waals surface area contributed by atoms with Crippen molar-refractivity contribution in [3.8, 4) is 0 Å². The van der Waals surface area contributed by atoms with Crippen LogP contribution in [0, 0.1) is 5.92 Å². The third kappa shape index (κ3) is 6.89. The number of amides is 1. The molecule has 0 bridgehead atoms. The first-order valence-corrected chi connectivity index (χ1v) is 14.9. The van der Waals surface area contributed by atoms with Gasteiger partial charge in [-0.25, -0.2) is 13.2 Å². The SMILES string of the molecule is O=C(N[C@@H](Cc1ccccc1)[C@H](O)CN(Cc1ccccc1)S(=O)(=O)c1ccccc1)OC1COC2OCCC12. The van der Waals surface area contributed by atoms with Crippen LogP contribution in [0.5, 0.6) is 0 Å². The molecule has 0 radical (unpaired) electrons. The minimum Gasteiger partial charge on any atom is -0.443 e. The molecule has 3 aromatic carbocycles. The molecule has 3 unspecified atom stereocenters. The third-order valence-electron chi connectivity index (χ3n) is 7.28. The number of sulfonamides is 1. The lowest BCUT2D eigenvalue weighted by Gasteiger charge is -2.30. The molecule has 40 heavy (non-hydrogen) atoms. The van der Waals surface area contributed by atoms with Gasteiger partial charge in [0, 0.05) is 13.1 Å². The molecule has 2 heterocycles. The minimum atomic E-state index is -3.96. The highest BCUT2D eigenvalue weighted by Crippen LogP contribution is 2.33. The van der Waals surface area contributed by atoms with E-state index in [1.54, 1.807) is 18.2 Å². The Labute approximate surface area is 234 Å². The lowest BCUT2D eigenvalue weighted by molar-refractivity contribution is -0.0907. The first-order valence-electron chi connectivity index (χ1n) is 13.4. The topological polar surface area (TPSA) is 114 Å². The van der Waals surface area contributed by atoms with E-state index in [2.05, 4.69) is 5.32 Å². The normalized spacial score (nSPS) is 22.0. The lowest BCUT2D eigenvalue weighted by atomic mass is 10.0. The molecule has 2 aliphatic rings. The van der Waals surface area contributed by atoms with E-state index < -0.39 is 34.4 Å². The molecule has 0 saturated carbocycles. The maximum Gasteiger partial charge on any atom is 0.407 e. The van der Waals surface area contributed by atoms with Crippen LogP contribution in [0.4, 0.5) is 4.79 Å². The van der Waals surface area contributed by atoms with Gasteiger partial charge in [0.2, 0.25) is 10.0 Å². The molecule has 2 aliphatic heterocycles. The molecule has 10 heteroatoms. The largest absolute Gasteiger partial charge is 0.443 e. The number of nitrogens with zero attached hydrogens (tertiary/aromatic N) is 1. The Morgan fingerprint density at radius 2 is 1.57 bits per heavy atom. The van der Waals surface area contributed by atoms with Crippen molar-refractivity contribution < 1.29 is 32.5 Å². The van der Waals surface area contributed by atoms with Crippen LogP contribution in [0.25, 0.3) is 0 Å². The number of hydrogen-bond donors (Lipinski definition) is 2. The van der Waals surface area contributed by atoms with Crippen LogP contribution >= 0.6 is 0 Å². The highest BCUT2D eigenvalue weighted by molar-refractivity contribution is 7.89. The van der Waals surface area contributed by atoms with Crippen molar-refractivity contribution in [2.45, 2.75) is 48.8 Å². The molecule has 2 N–H and O–H groups in total. The van der Waals surface area contributed by atoms with E-state index >= 15 is 0 Å². The molecule has 2 saturated heterocycles. The Balaban J connectivity index is 1.35. The smallest absolute Gasteiger partial charge is 0.407 e. The van der Waals surface area contributed by atoms with E-state index in [4.69, 9.17) is 14.2 Å². The van der Waals surface area contributed by atoms with Gasteiger partial charge >= 0.3 is 6.09 Å². The lowest BCUT2D eigenvalue weighted by Crippen LogP contribution is -2.51. The van der Waals surface area contributed by atoms with E-state index in [9.17, 15) is 18.3 Å². The fourth-order valence-corrected chi connectivity index (χ4v) is 6.60. The van der Waals surface area contributed by atoms with Crippen LogP contribution in [0.2, 0.25) is 0 Å². The zero-order valence-electron chi connectivity index (χ0n) is 22.0. The summed E-state index contributed by atoms with van der Waals surface area (Å²) in [6.45, 7) is 0.614. The van der Waals surface area contributed by atoms with Crippen LogP contribution in [0.15, 0.2) is 95.9 Å². The van der Waals surface area contributed by atoms with Crippen molar-refractivity contribution >= 4 is 16.1 Å². The Kier molecular flexibility index (Phi) is 9.13. The first kappa shape index (κ1) is 28.3. The molecular formula is C30H34N2O7S. The fraction of sp³-hybridized carbons (Fsp3) is 0.367. The average molecular weight is 567 g/mol. The van der Waals surface area contributed by atoms with Gasteiger partial charge in [-0.3, -0.25) is 0 Å². The number of carbonyl (C=O) groups is 1. The van der Waals surface area contributed by atoms with Crippen LogP contribution in [-0.4, -0.2) is 68.2 Å². The van der Waals surface area contributed by atoms with Crippen LogP contribution in [0.1, 0.15) is 17.5 Å². The number of benzene rings is 3. The second-order valence-corrected chi connectivity index (χ2v) is 12.0. The van der Waals surface area contributed by atoms with Gasteiger partial charge in [-0.15, -0.1) is 0 Å². The van der Waals surface area contributed by atoms with Gasteiger partial charge < -0.3 is 24.6 Å². The van der Waals surface area contributed by atoms with Crippen LogP contribution in [-0.2, 0) is 37.2 Å². The number of aliphatic hydroxyl groups is 1. The first-order chi connectivity index (χ1) is 19.4. The molecule has 3 aromatic rings. The predicted octanol–water partition coefficient (Wildman–Crippen LogP) is 3.34. The Morgan fingerprint density at radius 1 is 0.950 bits per heavy atom. The third-order valence-corrected chi connectivity index (χ3v) is 9.11. The quantitative estimate of drug-likeness (QED) is 0.366. The maximum absolute atomic E-state index is 13.7. The zero-order chi connectivity index (χ0) is 28.0. The van der Waals surface area contributed by atoms with E-state index in [-0.39, 0.29) is 43.2 Å². The minimum absolute atomic E-state index is 0.0272. The van der Waals surface area contributed by atoms with E-state index in [1.165, 1.54) is 16.4 Å². The molecule has 0 aliphatic carbocycles. The number of nitrogens with one attached hydrogen (secondary N) is 1. The summed E-state index contributed by atoms with van der Waals surface area (Å²) in [4.78, 5) is 13.1. The van der Waals surface area contributed by atoms with E-state index in [0.29, 0.717) is 6.61 Å². The number of aliphatic hydroxyl groups excluding tert-OH is 1. The molecule has 1 amide bonds. The highest BCUT2D eigenvalue weighted by Gasteiger charge is 2.44. The van der Waals surface area contributed by atoms with Crippen LogP contribution < -0.4 is 5.32 Å². The van der Waals surface area contributed by atoms with E-state index in [0.717, 1.165) is 17.5 Å². The van der Waals surface area contributed by atoms with Crippen LogP contribution in [0.3, 0.4) is 0 Å². The summed E-state index contributed by atoms with van der Waals surface area (Å²) in [5, 5.41) is 14.3. The number of hydrogen-bond acceptors (Lipinski definition) is 7. The highest BCUT2D eigenvalue weighted by atomic mass is 32.2. The molecule has 5 atom stereocenters. The summed E-state index contributed by atoms with van der Waals surface area (Å²) in [5.41, 5.74) is 1.65. The van der Waals surface area contributed by atoms with Gasteiger partial charge in [-0.05, 0) is 36.1 Å². The van der Waals surface area contributed by atoms with Crippen molar-refractivity contribution in [3.63, 3.8) is 0 Å². The Hall–Kier alpha value is -3.28. The number of fused-ring (bicyclic) bond motifs is 1. The second-order valence-electron chi connectivity index (χ2n) is 10.1. The molecule has 9 nitrogen and oxygen atoms in total. The fourth-order valence-electron chi connectivity index (χ4n) is 5.13. The predicted molar refractivity (Wildman–Crippen MR) is 148 cm³/mol. The number of ether oxygens (including phenoxy) is 3. The summed E-state index contributed by atoms with van der Waals surface area (Å²) in [6.07, 6.45) is -1.73. The molecule has 0 aromatic heterocycles. The monoisotopic (exact) mass is 566 g/mol. The van der Waals surface area contributed by atoms with Gasteiger partial charge in [0.1, 0.15) is 6.10 Å². The Bertz CT molecular complexity index is 1340. The standard InChI is InChI=1S/C30H34N2O7S/c33-27(20-32(19-23-12-6-2-7-13-23)40(35,36)24-14-8-3-9-15-24)26(18-22-10-4-1-5-11-22)31-30(34)39-28-21-38-29-25(28)16-17-37-29/h1-15,25-29,33H,16-21H2,(H,31,34)/t25?,26-,27+,28?,29?/m0/s1. The molecule has 212 valence electrons. The molecule has 2 fully saturated rings. The van der Waals surface area contributed by atoms with Gasteiger partial charge in [0.05, 0.1) is 36.2 Å². The van der Waals surface area contributed by atoms with Gasteiger partial charge in [0.15, 0.2) is 6.29 Å². The number of carbonyl (C=O) groups excluding carboxylic acids is 1.